The maximum absolute atomic E-state index is 5.78. The Morgan fingerprint density at radius 1 is 0.875 bits per heavy atom. The first-order valence-electron chi connectivity index (χ1n) is 5.83. The summed E-state index contributed by atoms with van der Waals surface area (Å²) < 4.78 is 23.9. The van der Waals surface area contributed by atoms with Crippen molar-refractivity contribution >= 4 is 15.0 Å². The second-order valence-corrected chi connectivity index (χ2v) is 5.79. The zero-order valence-electron chi connectivity index (χ0n) is 10.3. The minimum atomic E-state index is -1.68. The molecule has 1 fully saturated rings. The molecule has 5 nitrogen and oxygen atoms in total. The number of nitrogens with zero attached hydrogens (tertiary/aromatic N) is 1. The first-order chi connectivity index (χ1) is 7.88. The summed E-state index contributed by atoms with van der Waals surface area (Å²) in [5.74, 6) is 0. The summed E-state index contributed by atoms with van der Waals surface area (Å²) in [6, 6.07) is 0. The van der Waals surface area contributed by atoms with Crippen LogP contribution < -0.4 is 0 Å². The molecule has 6 heteroatoms. The fourth-order valence-corrected chi connectivity index (χ4v) is 3.58. The summed E-state index contributed by atoms with van der Waals surface area (Å²) in [5, 5.41) is 0. The number of hydrogen-bond acceptors (Lipinski definition) is 5. The third-order valence-corrected chi connectivity index (χ3v) is 4.69. The largest absolute Gasteiger partial charge is 0.803 e. The second-order valence-electron chi connectivity index (χ2n) is 3.78. The van der Waals surface area contributed by atoms with Gasteiger partial charge in [0.15, 0.2) is 0 Å². The van der Waals surface area contributed by atoms with Gasteiger partial charge in [-0.05, 0) is 25.9 Å². The molecule has 16 heavy (non-hydrogen) atoms. The normalized spacial score (nSPS) is 16.9. The van der Waals surface area contributed by atoms with E-state index in [0.29, 0.717) is 26.4 Å². The van der Waals surface area contributed by atoms with Crippen molar-refractivity contribution in [2.75, 3.05) is 53.7 Å². The Labute approximate surface area is 103 Å². The molecule has 1 aliphatic rings. The Hall–Kier alpha value is 0.332. The number of ether oxygens (including phenoxy) is 2. The van der Waals surface area contributed by atoms with Crippen molar-refractivity contribution in [3.63, 3.8) is 0 Å². The van der Waals surface area contributed by atoms with Crippen LogP contribution in [0.15, 0.2) is 0 Å². The SMILES string of the molecule is COCC[O][Al]([O]CCOC)[N]1CCCC1. The molecule has 0 N–H and O–H groups in total. The third kappa shape index (κ3) is 5.60. The second kappa shape index (κ2) is 9.37. The van der Waals surface area contributed by atoms with Crippen molar-refractivity contribution in [1.82, 2.24) is 3.88 Å². The van der Waals surface area contributed by atoms with E-state index in [4.69, 9.17) is 17.1 Å². The van der Waals surface area contributed by atoms with Crippen molar-refractivity contribution < 1.29 is 17.1 Å². The Bertz CT molecular complexity index is 157. The predicted octanol–water partition coefficient (Wildman–Crippen LogP) is 0.393. The lowest BCUT2D eigenvalue weighted by molar-refractivity contribution is 0.0803. The van der Waals surface area contributed by atoms with E-state index >= 15 is 0 Å². The highest BCUT2D eigenvalue weighted by molar-refractivity contribution is 6.41. The molecule has 0 radical (unpaired) electrons. The summed E-state index contributed by atoms with van der Waals surface area (Å²) in [6.07, 6.45) is 2.51. The monoisotopic (exact) mass is 247 g/mol. The molecule has 0 aromatic rings. The van der Waals surface area contributed by atoms with Crippen LogP contribution in [0.3, 0.4) is 0 Å². The molecular weight excluding hydrogens is 225 g/mol. The molecule has 0 spiro atoms. The molecule has 0 atom stereocenters. The highest BCUT2D eigenvalue weighted by Gasteiger charge is 2.37. The van der Waals surface area contributed by atoms with Crippen molar-refractivity contribution in [1.29, 1.82) is 0 Å². The van der Waals surface area contributed by atoms with Crippen LogP contribution in [0.5, 0.6) is 0 Å². The quantitative estimate of drug-likeness (QED) is 0.435. The van der Waals surface area contributed by atoms with E-state index in [1.165, 1.54) is 12.8 Å². The van der Waals surface area contributed by atoms with Crippen molar-refractivity contribution in [2.45, 2.75) is 12.8 Å². The maximum Gasteiger partial charge on any atom is 0.803 e. The fourth-order valence-electron chi connectivity index (χ4n) is 1.68. The topological polar surface area (TPSA) is 40.2 Å². The van der Waals surface area contributed by atoms with Gasteiger partial charge in [-0.2, -0.15) is 0 Å². The lowest BCUT2D eigenvalue weighted by atomic mass is 10.4. The van der Waals surface area contributed by atoms with Gasteiger partial charge >= 0.3 is 15.0 Å². The Morgan fingerprint density at radius 2 is 1.38 bits per heavy atom. The lowest BCUT2D eigenvalue weighted by Crippen LogP contribution is -2.43. The number of methoxy groups -OCH3 is 2. The smallest absolute Gasteiger partial charge is 0.463 e. The van der Waals surface area contributed by atoms with E-state index in [-0.39, 0.29) is 0 Å². The molecular formula is C10H22AlNO4. The van der Waals surface area contributed by atoms with E-state index in [9.17, 15) is 0 Å². The van der Waals surface area contributed by atoms with Crippen LogP contribution in [0.1, 0.15) is 12.8 Å². The minimum absolute atomic E-state index is 0.622. The maximum atomic E-state index is 5.78. The Kier molecular flexibility index (Phi) is 8.43. The van der Waals surface area contributed by atoms with Gasteiger partial charge in [-0.25, -0.2) is 0 Å². The Balaban J connectivity index is 2.22. The minimum Gasteiger partial charge on any atom is -0.463 e. The van der Waals surface area contributed by atoms with Crippen molar-refractivity contribution in [3.05, 3.63) is 0 Å². The summed E-state index contributed by atoms with van der Waals surface area (Å²) >= 11 is -1.68. The van der Waals surface area contributed by atoms with Gasteiger partial charge in [0.05, 0.1) is 13.2 Å². The highest BCUT2D eigenvalue weighted by Crippen LogP contribution is 2.11. The molecule has 0 aromatic carbocycles. The van der Waals surface area contributed by atoms with Gasteiger partial charge < -0.3 is 20.9 Å². The molecule has 0 aliphatic carbocycles. The van der Waals surface area contributed by atoms with Crippen LogP contribution in [-0.2, 0) is 17.1 Å². The van der Waals surface area contributed by atoms with Gasteiger partial charge in [-0.15, -0.1) is 0 Å². The summed E-state index contributed by atoms with van der Waals surface area (Å²) in [4.78, 5) is 0. The standard InChI is InChI=1S/C4H8N.2C3H7O2.Al/c1-2-4-5-3-1;2*1-5-3-2-4;/h1-4H2;2*2-3H2,1H3;/q3*-1;+3. The molecule has 0 unspecified atom stereocenters. The molecule has 0 amide bonds. The fraction of sp³-hybridized carbons (Fsp3) is 1.00. The van der Waals surface area contributed by atoms with E-state index < -0.39 is 15.0 Å². The predicted molar refractivity (Wildman–Crippen MR) is 62.2 cm³/mol. The molecule has 1 aliphatic heterocycles. The number of rotatable bonds is 9. The van der Waals surface area contributed by atoms with Gasteiger partial charge in [0.25, 0.3) is 0 Å². The zero-order chi connectivity index (χ0) is 11.6. The van der Waals surface area contributed by atoms with Crippen LogP contribution in [-0.4, -0.2) is 72.7 Å². The number of hydrogen-bond donors (Lipinski definition) is 0. The summed E-state index contributed by atoms with van der Waals surface area (Å²) in [7, 11) is 3.36. The first-order valence-corrected chi connectivity index (χ1v) is 7.29. The third-order valence-electron chi connectivity index (χ3n) is 2.53. The van der Waals surface area contributed by atoms with Crippen LogP contribution in [0.25, 0.3) is 0 Å². The average Bonchev–Trinajstić information content (AvgIpc) is 2.81. The molecule has 0 aromatic heterocycles. The van der Waals surface area contributed by atoms with Gasteiger partial charge in [0.2, 0.25) is 0 Å². The molecule has 1 rings (SSSR count). The van der Waals surface area contributed by atoms with Crippen LogP contribution in [0.4, 0.5) is 0 Å². The van der Waals surface area contributed by atoms with E-state index in [0.717, 1.165) is 13.1 Å². The van der Waals surface area contributed by atoms with Crippen LogP contribution >= 0.6 is 0 Å². The molecule has 94 valence electrons. The van der Waals surface area contributed by atoms with E-state index in [2.05, 4.69) is 3.88 Å². The zero-order valence-corrected chi connectivity index (χ0v) is 11.5. The van der Waals surface area contributed by atoms with Gasteiger partial charge in [-0.1, -0.05) is 0 Å². The Morgan fingerprint density at radius 3 is 1.81 bits per heavy atom. The van der Waals surface area contributed by atoms with Gasteiger partial charge in [0.1, 0.15) is 0 Å². The van der Waals surface area contributed by atoms with Gasteiger partial charge in [-0.3, -0.25) is 0 Å². The summed E-state index contributed by atoms with van der Waals surface area (Å²) in [5.41, 5.74) is 0. The lowest BCUT2D eigenvalue weighted by Gasteiger charge is -2.21. The van der Waals surface area contributed by atoms with Crippen LogP contribution in [0, 0.1) is 0 Å². The molecule has 1 heterocycles. The highest BCUT2D eigenvalue weighted by atomic mass is 27.2. The van der Waals surface area contributed by atoms with Gasteiger partial charge in [0, 0.05) is 27.4 Å². The van der Waals surface area contributed by atoms with Crippen molar-refractivity contribution in [2.24, 2.45) is 0 Å². The van der Waals surface area contributed by atoms with Crippen molar-refractivity contribution in [3.8, 4) is 0 Å². The first kappa shape index (κ1) is 14.4. The van der Waals surface area contributed by atoms with E-state index in [1.54, 1.807) is 14.2 Å². The summed E-state index contributed by atoms with van der Waals surface area (Å²) in [6.45, 7) is 4.72. The van der Waals surface area contributed by atoms with E-state index in [1.807, 2.05) is 0 Å². The molecule has 0 bridgehead atoms. The molecule has 1 saturated heterocycles. The van der Waals surface area contributed by atoms with Crippen LogP contribution in [0.2, 0.25) is 0 Å². The molecule has 0 saturated carbocycles. The average molecular weight is 247 g/mol.